The maximum Gasteiger partial charge on any atom is 0.322 e. The van der Waals surface area contributed by atoms with Crippen LogP contribution in [0.5, 0.6) is 0 Å². The molecule has 0 fully saturated rings. The first-order valence-corrected chi connectivity index (χ1v) is 5.67. The number of likely N-dealkylation sites (N-methyl/N-ethyl adjacent to an activating group) is 1. The van der Waals surface area contributed by atoms with Crippen molar-refractivity contribution in [3.05, 3.63) is 28.8 Å². The number of aryl methyl sites for hydroxylation is 3. The minimum absolute atomic E-state index is 0.370. The van der Waals surface area contributed by atoms with Crippen molar-refractivity contribution in [2.24, 2.45) is 0 Å². The highest BCUT2D eigenvalue weighted by molar-refractivity contribution is 5.74. The van der Waals surface area contributed by atoms with E-state index in [4.69, 9.17) is 5.11 Å². The van der Waals surface area contributed by atoms with Crippen LogP contribution in [0.2, 0.25) is 0 Å². The van der Waals surface area contributed by atoms with Crippen molar-refractivity contribution in [2.75, 3.05) is 18.9 Å². The van der Waals surface area contributed by atoms with Crippen LogP contribution in [0.1, 0.15) is 16.7 Å². The van der Waals surface area contributed by atoms with Gasteiger partial charge in [-0.1, -0.05) is 6.07 Å². The van der Waals surface area contributed by atoms with Gasteiger partial charge in [-0.2, -0.15) is 0 Å². The molecule has 94 valence electrons. The number of aliphatic carboxylic acids is 1. The molecule has 0 amide bonds. The Morgan fingerprint density at radius 2 is 1.82 bits per heavy atom. The predicted molar refractivity (Wildman–Crippen MR) is 69.6 cm³/mol. The molecule has 0 aliphatic carbocycles. The molecule has 0 aliphatic rings. The van der Waals surface area contributed by atoms with Gasteiger partial charge in [-0.05, 0) is 50.6 Å². The molecule has 0 aliphatic heterocycles. The highest BCUT2D eigenvalue weighted by Gasteiger charge is 2.14. The second-order valence-corrected chi connectivity index (χ2v) is 4.31. The number of carboxylic acids is 1. The van der Waals surface area contributed by atoms with E-state index in [1.54, 1.807) is 7.05 Å². The second kappa shape index (κ2) is 5.68. The molecule has 0 radical (unpaired) electrons. The molecule has 1 atom stereocenters. The predicted octanol–water partition coefficient (Wildman–Crippen LogP) is 1.70. The summed E-state index contributed by atoms with van der Waals surface area (Å²) in [5, 5.41) is 14.8. The first-order chi connectivity index (χ1) is 7.95. The fourth-order valence-electron chi connectivity index (χ4n) is 1.68. The molecule has 1 rings (SSSR count). The van der Waals surface area contributed by atoms with Gasteiger partial charge in [0.15, 0.2) is 0 Å². The van der Waals surface area contributed by atoms with Crippen LogP contribution in [0.15, 0.2) is 12.1 Å². The molecule has 1 aromatic carbocycles. The van der Waals surface area contributed by atoms with Crippen molar-refractivity contribution in [2.45, 2.75) is 26.8 Å². The minimum atomic E-state index is -0.846. The van der Waals surface area contributed by atoms with Crippen molar-refractivity contribution < 1.29 is 9.90 Å². The van der Waals surface area contributed by atoms with Crippen LogP contribution in [-0.2, 0) is 4.79 Å². The molecule has 0 bridgehead atoms. The van der Waals surface area contributed by atoms with Crippen LogP contribution >= 0.6 is 0 Å². The summed E-state index contributed by atoms with van der Waals surface area (Å²) in [6.45, 7) is 6.51. The molecule has 3 N–H and O–H groups in total. The van der Waals surface area contributed by atoms with E-state index in [1.165, 1.54) is 11.1 Å². The number of rotatable bonds is 5. The monoisotopic (exact) mass is 236 g/mol. The Bertz CT molecular complexity index is 416. The third-order valence-corrected chi connectivity index (χ3v) is 2.98. The van der Waals surface area contributed by atoms with Crippen LogP contribution in [0, 0.1) is 20.8 Å². The smallest absolute Gasteiger partial charge is 0.322 e. The Labute approximate surface area is 102 Å². The summed E-state index contributed by atoms with van der Waals surface area (Å²) >= 11 is 0. The molecule has 0 aromatic heterocycles. The number of nitrogens with one attached hydrogen (secondary N) is 2. The van der Waals surface area contributed by atoms with Gasteiger partial charge in [-0.25, -0.2) is 0 Å². The van der Waals surface area contributed by atoms with Crippen molar-refractivity contribution in [3.8, 4) is 0 Å². The van der Waals surface area contributed by atoms with E-state index >= 15 is 0 Å². The van der Waals surface area contributed by atoms with Gasteiger partial charge in [0.25, 0.3) is 0 Å². The van der Waals surface area contributed by atoms with Gasteiger partial charge in [0.05, 0.1) is 0 Å². The van der Waals surface area contributed by atoms with Gasteiger partial charge in [0.1, 0.15) is 6.04 Å². The highest BCUT2D eigenvalue weighted by atomic mass is 16.4. The van der Waals surface area contributed by atoms with E-state index in [0.717, 1.165) is 11.3 Å². The molecule has 1 aromatic rings. The first-order valence-electron chi connectivity index (χ1n) is 5.67. The zero-order chi connectivity index (χ0) is 13.0. The van der Waals surface area contributed by atoms with Crippen LogP contribution in [0.4, 0.5) is 5.69 Å². The lowest BCUT2D eigenvalue weighted by Crippen LogP contribution is -2.39. The maximum atomic E-state index is 10.9. The van der Waals surface area contributed by atoms with Crippen molar-refractivity contribution >= 4 is 11.7 Å². The number of anilines is 1. The second-order valence-electron chi connectivity index (χ2n) is 4.31. The molecule has 0 saturated carbocycles. The lowest BCUT2D eigenvalue weighted by atomic mass is 10.0. The van der Waals surface area contributed by atoms with Gasteiger partial charge in [0.2, 0.25) is 0 Å². The van der Waals surface area contributed by atoms with Gasteiger partial charge >= 0.3 is 5.97 Å². The van der Waals surface area contributed by atoms with E-state index in [1.807, 2.05) is 13.8 Å². The molecule has 17 heavy (non-hydrogen) atoms. The van der Waals surface area contributed by atoms with Gasteiger partial charge in [0, 0.05) is 12.2 Å². The SMILES string of the molecule is CNC(CNc1cc(C)c(C)cc1C)C(=O)O. The van der Waals surface area contributed by atoms with E-state index in [0.29, 0.717) is 6.54 Å². The molecule has 0 saturated heterocycles. The number of benzene rings is 1. The quantitative estimate of drug-likeness (QED) is 0.728. The van der Waals surface area contributed by atoms with Crippen molar-refractivity contribution in [1.82, 2.24) is 5.32 Å². The van der Waals surface area contributed by atoms with Crippen LogP contribution in [0.3, 0.4) is 0 Å². The Hall–Kier alpha value is -1.55. The summed E-state index contributed by atoms with van der Waals surface area (Å²) in [5.74, 6) is -0.846. The zero-order valence-corrected chi connectivity index (χ0v) is 10.8. The Morgan fingerprint density at radius 1 is 1.24 bits per heavy atom. The standard InChI is InChI=1S/C13H20N2O2/c1-8-5-10(3)11(6-9(8)2)15-7-12(14-4)13(16)17/h5-6,12,14-15H,7H2,1-4H3,(H,16,17). The summed E-state index contributed by atoms with van der Waals surface area (Å²) in [5.41, 5.74) is 4.58. The molecular weight excluding hydrogens is 216 g/mol. The van der Waals surface area contributed by atoms with E-state index in [-0.39, 0.29) is 0 Å². The molecular formula is C13H20N2O2. The Balaban J connectivity index is 2.75. The topological polar surface area (TPSA) is 61.4 Å². The number of hydrogen-bond donors (Lipinski definition) is 3. The molecule has 4 heteroatoms. The largest absolute Gasteiger partial charge is 0.480 e. The molecule has 0 spiro atoms. The number of carbonyl (C=O) groups is 1. The summed E-state index contributed by atoms with van der Waals surface area (Å²) in [6, 6.07) is 3.59. The van der Waals surface area contributed by atoms with E-state index < -0.39 is 12.0 Å². The fourth-order valence-corrected chi connectivity index (χ4v) is 1.68. The molecule has 4 nitrogen and oxygen atoms in total. The summed E-state index contributed by atoms with van der Waals surface area (Å²) in [7, 11) is 1.65. The third kappa shape index (κ3) is 3.46. The van der Waals surface area contributed by atoms with Gasteiger partial charge < -0.3 is 15.7 Å². The third-order valence-electron chi connectivity index (χ3n) is 2.98. The minimum Gasteiger partial charge on any atom is -0.480 e. The molecule has 1 unspecified atom stereocenters. The van der Waals surface area contributed by atoms with Crippen LogP contribution < -0.4 is 10.6 Å². The van der Waals surface area contributed by atoms with Crippen LogP contribution in [-0.4, -0.2) is 30.7 Å². The van der Waals surface area contributed by atoms with E-state index in [9.17, 15) is 4.79 Å². The lowest BCUT2D eigenvalue weighted by molar-refractivity contribution is -0.138. The van der Waals surface area contributed by atoms with Crippen molar-refractivity contribution in [1.29, 1.82) is 0 Å². The fraction of sp³-hybridized carbons (Fsp3) is 0.462. The number of carboxylic acid groups (broad SMARTS) is 1. The summed E-state index contributed by atoms with van der Waals surface area (Å²) in [6.07, 6.45) is 0. The lowest BCUT2D eigenvalue weighted by Gasteiger charge is -2.16. The van der Waals surface area contributed by atoms with Crippen LogP contribution in [0.25, 0.3) is 0 Å². The van der Waals surface area contributed by atoms with Gasteiger partial charge in [-0.3, -0.25) is 4.79 Å². The summed E-state index contributed by atoms with van der Waals surface area (Å²) < 4.78 is 0. The normalized spacial score (nSPS) is 12.2. The van der Waals surface area contributed by atoms with Crippen molar-refractivity contribution in [3.63, 3.8) is 0 Å². The maximum absolute atomic E-state index is 10.9. The molecule has 0 heterocycles. The average molecular weight is 236 g/mol. The zero-order valence-electron chi connectivity index (χ0n) is 10.8. The first kappa shape index (κ1) is 13.5. The van der Waals surface area contributed by atoms with Gasteiger partial charge in [-0.15, -0.1) is 0 Å². The Morgan fingerprint density at radius 3 is 2.35 bits per heavy atom. The summed E-state index contributed by atoms with van der Waals surface area (Å²) in [4.78, 5) is 10.9. The van der Waals surface area contributed by atoms with E-state index in [2.05, 4.69) is 29.7 Å². The average Bonchev–Trinajstić information content (AvgIpc) is 2.25. The highest BCUT2D eigenvalue weighted by Crippen LogP contribution is 2.19. The number of hydrogen-bond acceptors (Lipinski definition) is 3. The Kier molecular flexibility index (Phi) is 4.52.